The van der Waals surface area contributed by atoms with E-state index in [-0.39, 0.29) is 11.5 Å². The van der Waals surface area contributed by atoms with Gasteiger partial charge >= 0.3 is 0 Å². The van der Waals surface area contributed by atoms with Crippen molar-refractivity contribution in [2.45, 2.75) is 25.3 Å². The van der Waals surface area contributed by atoms with Gasteiger partial charge in [0.2, 0.25) is 0 Å². The van der Waals surface area contributed by atoms with Gasteiger partial charge in [0.1, 0.15) is 11.3 Å². The largest absolute Gasteiger partial charge is 0.355 e. The van der Waals surface area contributed by atoms with Crippen LogP contribution in [0.15, 0.2) is 55.0 Å². The summed E-state index contributed by atoms with van der Waals surface area (Å²) in [6.45, 7) is 1.82. The number of hydrogen-bond acceptors (Lipinski definition) is 5. The maximum Gasteiger partial charge on any atom is 0.160 e. The number of benzene rings is 2. The van der Waals surface area contributed by atoms with Gasteiger partial charge in [-0.05, 0) is 47.9 Å². The van der Waals surface area contributed by atoms with Crippen LogP contribution in [0.4, 0.5) is 5.82 Å². The van der Waals surface area contributed by atoms with Crippen molar-refractivity contribution in [1.29, 1.82) is 0 Å². The van der Waals surface area contributed by atoms with Crippen LogP contribution in [0.1, 0.15) is 30.0 Å². The molecule has 0 amide bonds. The zero-order valence-corrected chi connectivity index (χ0v) is 20.4. The quantitative estimate of drug-likeness (QED) is 0.335. The van der Waals surface area contributed by atoms with Crippen LogP contribution in [-0.2, 0) is 6.42 Å². The average molecular weight is 504 g/mol. The van der Waals surface area contributed by atoms with Crippen LogP contribution in [-0.4, -0.2) is 37.7 Å². The van der Waals surface area contributed by atoms with Gasteiger partial charge in [-0.2, -0.15) is 5.10 Å². The molecular formula is C26H23Cl2N7. The second-order valence-corrected chi connectivity index (χ2v) is 10.4. The smallest absolute Gasteiger partial charge is 0.160 e. The first-order chi connectivity index (χ1) is 17.1. The average Bonchev–Trinajstić information content (AvgIpc) is 3.55. The van der Waals surface area contributed by atoms with E-state index in [2.05, 4.69) is 39.4 Å². The van der Waals surface area contributed by atoms with Crippen molar-refractivity contribution in [2.75, 3.05) is 18.0 Å². The van der Waals surface area contributed by atoms with Gasteiger partial charge in [0.25, 0.3) is 0 Å². The van der Waals surface area contributed by atoms with E-state index in [0.717, 1.165) is 60.6 Å². The zero-order chi connectivity index (χ0) is 23.7. The van der Waals surface area contributed by atoms with E-state index >= 15 is 0 Å². The highest BCUT2D eigenvalue weighted by atomic mass is 35.5. The number of hydrogen-bond donors (Lipinski definition) is 2. The van der Waals surface area contributed by atoms with Gasteiger partial charge in [-0.1, -0.05) is 47.5 Å². The van der Waals surface area contributed by atoms with Crippen LogP contribution in [0.2, 0.25) is 10.2 Å². The van der Waals surface area contributed by atoms with Gasteiger partial charge in [0, 0.05) is 37.1 Å². The molecule has 9 heteroatoms. The Morgan fingerprint density at radius 3 is 2.71 bits per heavy atom. The van der Waals surface area contributed by atoms with Gasteiger partial charge in [-0.25, -0.2) is 9.97 Å². The maximum absolute atomic E-state index is 6.78. The van der Waals surface area contributed by atoms with Gasteiger partial charge in [0.05, 0.1) is 22.1 Å². The van der Waals surface area contributed by atoms with Gasteiger partial charge in [-0.15, -0.1) is 0 Å². The third kappa shape index (κ3) is 3.05. The molecule has 7 nitrogen and oxygen atoms in total. The molecule has 7 rings (SSSR count). The number of anilines is 1. The molecule has 1 aliphatic carbocycles. The Morgan fingerprint density at radius 2 is 1.89 bits per heavy atom. The Labute approximate surface area is 211 Å². The minimum atomic E-state index is 0.0953. The minimum Gasteiger partial charge on any atom is -0.355 e. The van der Waals surface area contributed by atoms with Crippen molar-refractivity contribution in [3.63, 3.8) is 0 Å². The summed E-state index contributed by atoms with van der Waals surface area (Å²) in [5.74, 6) is 1.68. The van der Waals surface area contributed by atoms with Crippen LogP contribution in [0.25, 0.3) is 27.8 Å². The second-order valence-electron chi connectivity index (χ2n) is 9.65. The fourth-order valence-corrected chi connectivity index (χ4v) is 6.66. The highest BCUT2D eigenvalue weighted by molar-refractivity contribution is 6.43. The van der Waals surface area contributed by atoms with Crippen LogP contribution in [0.3, 0.4) is 0 Å². The van der Waals surface area contributed by atoms with Crippen molar-refractivity contribution in [1.82, 2.24) is 24.6 Å². The molecule has 176 valence electrons. The van der Waals surface area contributed by atoms with E-state index in [4.69, 9.17) is 38.9 Å². The lowest BCUT2D eigenvalue weighted by Gasteiger charge is -2.42. The third-order valence-electron chi connectivity index (χ3n) is 7.95. The van der Waals surface area contributed by atoms with E-state index in [1.54, 1.807) is 0 Å². The Bertz CT molecular complexity index is 1600. The Kier molecular flexibility index (Phi) is 4.65. The lowest BCUT2D eigenvalue weighted by molar-refractivity contribution is 0.187. The first-order valence-corrected chi connectivity index (χ1v) is 12.5. The minimum absolute atomic E-state index is 0.0953. The molecule has 35 heavy (non-hydrogen) atoms. The van der Waals surface area contributed by atoms with Gasteiger partial charge in [-0.3, -0.25) is 9.50 Å². The molecule has 4 heterocycles. The van der Waals surface area contributed by atoms with E-state index in [1.807, 2.05) is 35.1 Å². The van der Waals surface area contributed by atoms with E-state index in [1.165, 1.54) is 11.1 Å². The molecule has 1 aliphatic heterocycles. The van der Waals surface area contributed by atoms with E-state index in [0.29, 0.717) is 15.6 Å². The fraction of sp³-hybridized carbons (Fsp3) is 0.269. The van der Waals surface area contributed by atoms with E-state index in [9.17, 15) is 0 Å². The van der Waals surface area contributed by atoms with Crippen molar-refractivity contribution >= 4 is 45.4 Å². The SMILES string of the molecule is N[C@@H]1c2ccccc2CC12CCN(c1nccn3c(-c4ccc5[nH]nc(Cl)c5c4Cl)ncc13)CC2. The fourth-order valence-electron chi connectivity index (χ4n) is 6.04. The number of nitrogens with zero attached hydrogens (tertiary/aromatic N) is 5. The van der Waals surface area contributed by atoms with Crippen LogP contribution in [0.5, 0.6) is 0 Å². The van der Waals surface area contributed by atoms with Gasteiger partial charge in [0.15, 0.2) is 11.0 Å². The lowest BCUT2D eigenvalue weighted by atomic mass is 9.73. The molecule has 0 saturated carbocycles. The monoisotopic (exact) mass is 503 g/mol. The number of aromatic amines is 1. The first kappa shape index (κ1) is 21.2. The molecule has 3 aromatic heterocycles. The number of aromatic nitrogens is 5. The summed E-state index contributed by atoms with van der Waals surface area (Å²) in [4.78, 5) is 11.8. The molecule has 5 aromatic rings. The number of halogens is 2. The lowest BCUT2D eigenvalue weighted by Crippen LogP contribution is -2.44. The number of H-pyrrole nitrogens is 1. The number of rotatable bonds is 2. The molecule has 0 radical (unpaired) electrons. The number of imidazole rings is 1. The van der Waals surface area contributed by atoms with Crippen LogP contribution in [0, 0.1) is 5.41 Å². The van der Waals surface area contributed by atoms with E-state index < -0.39 is 0 Å². The highest BCUT2D eigenvalue weighted by Crippen LogP contribution is 2.51. The maximum atomic E-state index is 6.78. The standard InChI is InChI=1S/C26H23Cl2N7/c27-21-17(5-6-18-20(21)23(28)33-32-18)24-31-14-19-25(30-9-12-35(19)24)34-10-7-26(8-11-34)13-15-3-1-2-4-16(15)22(26)29/h1-6,9,12,14,22H,7-8,10-11,13,29H2,(H,32,33)/t22-/m1/s1. The molecule has 0 bridgehead atoms. The molecule has 3 N–H and O–H groups in total. The summed E-state index contributed by atoms with van der Waals surface area (Å²) in [7, 11) is 0. The summed E-state index contributed by atoms with van der Waals surface area (Å²) in [5, 5.41) is 8.55. The molecule has 1 saturated heterocycles. The highest BCUT2D eigenvalue weighted by Gasteiger charge is 2.46. The van der Waals surface area contributed by atoms with Crippen molar-refractivity contribution in [2.24, 2.45) is 11.1 Å². The van der Waals surface area contributed by atoms with Gasteiger partial charge < -0.3 is 10.6 Å². The molecule has 2 aromatic carbocycles. The third-order valence-corrected chi connectivity index (χ3v) is 8.62. The molecule has 2 aliphatic rings. The normalized spacial score (nSPS) is 19.2. The first-order valence-electron chi connectivity index (χ1n) is 11.8. The molecule has 0 unspecified atom stereocenters. The zero-order valence-electron chi connectivity index (χ0n) is 18.9. The Balaban J connectivity index is 1.22. The summed E-state index contributed by atoms with van der Waals surface area (Å²) in [6, 6.07) is 12.6. The summed E-state index contributed by atoms with van der Waals surface area (Å²) in [6.07, 6.45) is 8.75. The molecule has 1 fully saturated rings. The van der Waals surface area contributed by atoms with Crippen molar-refractivity contribution < 1.29 is 0 Å². The number of fused-ring (bicyclic) bond motifs is 3. The van der Waals surface area contributed by atoms with Crippen molar-refractivity contribution in [3.05, 3.63) is 76.3 Å². The number of nitrogens with two attached hydrogens (primary N) is 1. The van der Waals surface area contributed by atoms with Crippen LogP contribution >= 0.6 is 23.2 Å². The predicted octanol–water partition coefficient (Wildman–Crippen LogP) is 5.42. The molecular weight excluding hydrogens is 481 g/mol. The predicted molar refractivity (Wildman–Crippen MR) is 139 cm³/mol. The van der Waals surface area contributed by atoms with Crippen molar-refractivity contribution in [3.8, 4) is 11.4 Å². The molecule has 1 spiro atoms. The topological polar surface area (TPSA) is 88.1 Å². The summed E-state index contributed by atoms with van der Waals surface area (Å²) in [5.41, 5.74) is 12.2. The summed E-state index contributed by atoms with van der Waals surface area (Å²) >= 11 is 13.0. The Hall–Kier alpha value is -3.13. The number of nitrogens with one attached hydrogen (secondary N) is 1. The van der Waals surface area contributed by atoms with Crippen LogP contribution < -0.4 is 10.6 Å². The second kappa shape index (κ2) is 7.68. The molecule has 1 atom stereocenters. The number of piperidine rings is 1. The Morgan fingerprint density at radius 1 is 1.06 bits per heavy atom. The summed E-state index contributed by atoms with van der Waals surface area (Å²) < 4.78 is 2.05.